The maximum Gasteiger partial charge on any atom is 0.327 e. The van der Waals surface area contributed by atoms with Gasteiger partial charge in [-0.15, -0.1) is 0 Å². The zero-order valence-electron chi connectivity index (χ0n) is 10.4. The van der Waals surface area contributed by atoms with Gasteiger partial charge in [0.1, 0.15) is 11.8 Å². The highest BCUT2D eigenvalue weighted by molar-refractivity contribution is 5.85. The molecule has 0 saturated carbocycles. The Bertz CT molecular complexity index is 489. The molecule has 0 bridgehead atoms. The molecule has 1 aromatic carbocycles. The summed E-state index contributed by atoms with van der Waals surface area (Å²) in [6, 6.07) is 5.60. The van der Waals surface area contributed by atoms with Crippen LogP contribution in [-0.4, -0.2) is 52.7 Å². The van der Waals surface area contributed by atoms with E-state index in [0.717, 1.165) is 0 Å². The van der Waals surface area contributed by atoms with Crippen LogP contribution in [0, 0.1) is 0 Å². The molecule has 19 heavy (non-hydrogen) atoms. The SMILES string of the molecule is O=C(O)C1CNCCN1C(=O)Cc1cccc(O)c1. The maximum absolute atomic E-state index is 12.1. The highest BCUT2D eigenvalue weighted by atomic mass is 16.4. The third-order valence-electron chi connectivity index (χ3n) is 3.11. The lowest BCUT2D eigenvalue weighted by atomic mass is 10.1. The highest BCUT2D eigenvalue weighted by Gasteiger charge is 2.31. The van der Waals surface area contributed by atoms with Gasteiger partial charge in [0.05, 0.1) is 6.42 Å². The fraction of sp³-hybridized carbons (Fsp3) is 0.385. The van der Waals surface area contributed by atoms with Gasteiger partial charge in [-0.25, -0.2) is 4.79 Å². The van der Waals surface area contributed by atoms with Crippen molar-refractivity contribution in [2.75, 3.05) is 19.6 Å². The number of nitrogens with one attached hydrogen (secondary N) is 1. The summed E-state index contributed by atoms with van der Waals surface area (Å²) in [6.45, 7) is 1.24. The molecule has 0 aliphatic carbocycles. The first-order valence-corrected chi connectivity index (χ1v) is 6.09. The Hall–Kier alpha value is -2.08. The second-order valence-corrected chi connectivity index (χ2v) is 4.49. The number of carboxylic acids is 1. The van der Waals surface area contributed by atoms with Crippen LogP contribution in [0.4, 0.5) is 0 Å². The van der Waals surface area contributed by atoms with Crippen LogP contribution in [0.15, 0.2) is 24.3 Å². The molecule has 1 amide bonds. The summed E-state index contributed by atoms with van der Waals surface area (Å²) in [5, 5.41) is 21.4. The van der Waals surface area contributed by atoms with Crippen molar-refractivity contribution < 1.29 is 19.8 Å². The Kier molecular flexibility index (Phi) is 4.01. The molecule has 1 aliphatic heterocycles. The number of benzene rings is 1. The Morgan fingerprint density at radius 3 is 2.89 bits per heavy atom. The average Bonchev–Trinajstić information content (AvgIpc) is 2.38. The van der Waals surface area contributed by atoms with Crippen molar-refractivity contribution in [3.8, 4) is 5.75 Å². The number of phenols is 1. The molecule has 1 fully saturated rings. The number of hydrogen-bond acceptors (Lipinski definition) is 4. The molecular formula is C13H16N2O4. The van der Waals surface area contributed by atoms with Crippen molar-refractivity contribution >= 4 is 11.9 Å². The third kappa shape index (κ3) is 3.23. The van der Waals surface area contributed by atoms with E-state index in [1.54, 1.807) is 12.1 Å². The maximum atomic E-state index is 12.1. The molecule has 1 aromatic rings. The lowest BCUT2D eigenvalue weighted by Gasteiger charge is -2.33. The third-order valence-corrected chi connectivity index (χ3v) is 3.11. The quantitative estimate of drug-likeness (QED) is 0.704. The monoisotopic (exact) mass is 264 g/mol. The normalized spacial score (nSPS) is 19.2. The fourth-order valence-corrected chi connectivity index (χ4v) is 2.17. The summed E-state index contributed by atoms with van der Waals surface area (Å²) in [7, 11) is 0. The van der Waals surface area contributed by atoms with Crippen LogP contribution in [0.5, 0.6) is 5.75 Å². The average molecular weight is 264 g/mol. The van der Waals surface area contributed by atoms with Crippen molar-refractivity contribution in [1.82, 2.24) is 10.2 Å². The molecule has 1 aliphatic rings. The number of amides is 1. The number of aromatic hydroxyl groups is 1. The zero-order chi connectivity index (χ0) is 13.8. The summed E-state index contributed by atoms with van der Waals surface area (Å²) in [4.78, 5) is 24.6. The molecule has 0 aromatic heterocycles. The Balaban J connectivity index is 2.07. The van der Waals surface area contributed by atoms with E-state index in [-0.39, 0.29) is 24.6 Å². The molecular weight excluding hydrogens is 248 g/mol. The number of phenolic OH excluding ortho intramolecular Hbond substituents is 1. The van der Waals surface area contributed by atoms with Gasteiger partial charge >= 0.3 is 5.97 Å². The first-order valence-electron chi connectivity index (χ1n) is 6.09. The van der Waals surface area contributed by atoms with Gasteiger partial charge in [0.25, 0.3) is 0 Å². The lowest BCUT2D eigenvalue weighted by molar-refractivity contribution is -0.150. The first kappa shape index (κ1) is 13.4. The first-order chi connectivity index (χ1) is 9.08. The van der Waals surface area contributed by atoms with Gasteiger partial charge in [-0.2, -0.15) is 0 Å². The second kappa shape index (κ2) is 5.71. The minimum atomic E-state index is -1.00. The van der Waals surface area contributed by atoms with Crippen molar-refractivity contribution in [1.29, 1.82) is 0 Å². The van der Waals surface area contributed by atoms with Crippen LogP contribution >= 0.6 is 0 Å². The lowest BCUT2D eigenvalue weighted by Crippen LogP contribution is -2.57. The van der Waals surface area contributed by atoms with Gasteiger partial charge in [0.15, 0.2) is 0 Å². The largest absolute Gasteiger partial charge is 0.508 e. The Morgan fingerprint density at radius 2 is 2.21 bits per heavy atom. The highest BCUT2D eigenvalue weighted by Crippen LogP contribution is 2.13. The number of carboxylic acid groups (broad SMARTS) is 1. The molecule has 1 unspecified atom stereocenters. The number of aliphatic carboxylic acids is 1. The molecule has 1 saturated heterocycles. The summed E-state index contributed by atoms with van der Waals surface area (Å²) in [5.74, 6) is -1.14. The van der Waals surface area contributed by atoms with E-state index >= 15 is 0 Å². The van der Waals surface area contributed by atoms with E-state index in [1.807, 2.05) is 0 Å². The Morgan fingerprint density at radius 1 is 1.42 bits per heavy atom. The van der Waals surface area contributed by atoms with Gasteiger partial charge in [-0.3, -0.25) is 4.79 Å². The van der Waals surface area contributed by atoms with Crippen molar-refractivity contribution in [2.45, 2.75) is 12.5 Å². The van der Waals surface area contributed by atoms with Gasteiger partial charge < -0.3 is 20.4 Å². The van der Waals surface area contributed by atoms with E-state index < -0.39 is 12.0 Å². The Labute approximate surface area is 110 Å². The number of hydrogen-bond donors (Lipinski definition) is 3. The number of piperazine rings is 1. The molecule has 1 atom stereocenters. The number of nitrogens with zero attached hydrogens (tertiary/aromatic N) is 1. The van der Waals surface area contributed by atoms with E-state index in [2.05, 4.69) is 5.32 Å². The van der Waals surface area contributed by atoms with Crippen molar-refractivity contribution in [2.24, 2.45) is 0 Å². The smallest absolute Gasteiger partial charge is 0.327 e. The van der Waals surface area contributed by atoms with Gasteiger partial charge in [-0.1, -0.05) is 12.1 Å². The summed E-state index contributed by atoms with van der Waals surface area (Å²) < 4.78 is 0. The van der Waals surface area contributed by atoms with Crippen LogP contribution in [0.3, 0.4) is 0 Å². The van der Waals surface area contributed by atoms with E-state index in [1.165, 1.54) is 17.0 Å². The topological polar surface area (TPSA) is 89.9 Å². The van der Waals surface area contributed by atoms with Crippen LogP contribution in [-0.2, 0) is 16.0 Å². The zero-order valence-corrected chi connectivity index (χ0v) is 10.4. The van der Waals surface area contributed by atoms with Crippen LogP contribution in [0.2, 0.25) is 0 Å². The van der Waals surface area contributed by atoms with Crippen LogP contribution in [0.25, 0.3) is 0 Å². The van der Waals surface area contributed by atoms with Crippen molar-refractivity contribution in [3.05, 3.63) is 29.8 Å². The summed E-state index contributed by atoms with van der Waals surface area (Å²) in [5.41, 5.74) is 0.674. The standard InChI is InChI=1S/C13H16N2O4/c16-10-3-1-2-9(6-10)7-12(17)15-5-4-14-8-11(15)13(18)19/h1-3,6,11,14,16H,4-5,7-8H2,(H,18,19). The van der Waals surface area contributed by atoms with Crippen molar-refractivity contribution in [3.63, 3.8) is 0 Å². The predicted molar refractivity (Wildman–Crippen MR) is 67.8 cm³/mol. The number of carbonyl (C=O) groups excluding carboxylic acids is 1. The van der Waals surface area contributed by atoms with E-state index in [4.69, 9.17) is 5.11 Å². The van der Waals surface area contributed by atoms with Crippen LogP contribution in [0.1, 0.15) is 5.56 Å². The molecule has 2 rings (SSSR count). The molecule has 3 N–H and O–H groups in total. The summed E-state index contributed by atoms with van der Waals surface area (Å²) >= 11 is 0. The van der Waals surface area contributed by atoms with Gasteiger partial charge in [-0.05, 0) is 17.7 Å². The molecule has 6 nitrogen and oxygen atoms in total. The molecule has 6 heteroatoms. The van der Waals surface area contributed by atoms with E-state index in [9.17, 15) is 14.7 Å². The number of rotatable bonds is 3. The molecule has 1 heterocycles. The van der Waals surface area contributed by atoms with E-state index in [0.29, 0.717) is 18.7 Å². The van der Waals surface area contributed by atoms with Gasteiger partial charge in [0.2, 0.25) is 5.91 Å². The molecule has 102 valence electrons. The summed E-state index contributed by atoms with van der Waals surface area (Å²) in [6.07, 6.45) is 0.0954. The minimum Gasteiger partial charge on any atom is -0.508 e. The molecule has 0 radical (unpaired) electrons. The fourth-order valence-electron chi connectivity index (χ4n) is 2.17. The number of carbonyl (C=O) groups is 2. The van der Waals surface area contributed by atoms with Gasteiger partial charge in [0, 0.05) is 19.6 Å². The van der Waals surface area contributed by atoms with Crippen LogP contribution < -0.4 is 5.32 Å². The predicted octanol–water partition coefficient (Wildman–Crippen LogP) is -0.180. The molecule has 0 spiro atoms. The minimum absolute atomic E-state index is 0.0954. The second-order valence-electron chi connectivity index (χ2n) is 4.49.